The van der Waals surface area contributed by atoms with Crippen molar-refractivity contribution in [2.75, 3.05) is 4.90 Å². The van der Waals surface area contributed by atoms with E-state index in [1.807, 2.05) is 36.4 Å². The molecule has 0 amide bonds. The van der Waals surface area contributed by atoms with E-state index in [0.717, 1.165) is 44.3 Å². The molecular formula is C34H21N3O. The van der Waals surface area contributed by atoms with Crippen molar-refractivity contribution in [1.29, 1.82) is 0 Å². The van der Waals surface area contributed by atoms with Crippen LogP contribution in [0.3, 0.4) is 0 Å². The molecule has 2 heterocycles. The van der Waals surface area contributed by atoms with Gasteiger partial charge in [-0.3, -0.25) is 9.20 Å². The van der Waals surface area contributed by atoms with E-state index in [4.69, 9.17) is 4.98 Å². The molecule has 0 aliphatic heterocycles. The van der Waals surface area contributed by atoms with Crippen LogP contribution in [0, 0.1) is 0 Å². The number of hydrogen-bond acceptors (Lipinski definition) is 3. The Morgan fingerprint density at radius 3 is 2.24 bits per heavy atom. The van der Waals surface area contributed by atoms with Gasteiger partial charge >= 0.3 is 0 Å². The maximum Gasteiger partial charge on any atom is 0.264 e. The molecule has 0 atom stereocenters. The molecule has 0 bridgehead atoms. The standard InChI is InChI=1S/C34H21N3O/c38-34-28-19-20-30(26-13-8-14-27(32(26)28)33-35-29-15-6-7-16-31(29)37(33)34)36(24-11-2-1-3-12-24)25-18-17-22-9-4-5-10-23(22)21-25/h1-21H. The van der Waals surface area contributed by atoms with E-state index in [1.54, 1.807) is 4.40 Å². The summed E-state index contributed by atoms with van der Waals surface area (Å²) in [7, 11) is 0. The number of aromatic nitrogens is 2. The molecule has 178 valence electrons. The summed E-state index contributed by atoms with van der Waals surface area (Å²) in [6.07, 6.45) is 0. The van der Waals surface area contributed by atoms with Gasteiger partial charge < -0.3 is 4.90 Å². The van der Waals surface area contributed by atoms with Crippen LogP contribution in [0.2, 0.25) is 0 Å². The number of imidazole rings is 1. The first-order valence-corrected chi connectivity index (χ1v) is 12.7. The number of nitrogens with zero attached hydrogens (tertiary/aromatic N) is 3. The second kappa shape index (κ2) is 7.89. The van der Waals surface area contributed by atoms with E-state index in [-0.39, 0.29) is 5.56 Å². The lowest BCUT2D eigenvalue weighted by Gasteiger charge is -2.27. The maximum absolute atomic E-state index is 13.8. The van der Waals surface area contributed by atoms with E-state index >= 15 is 0 Å². The van der Waals surface area contributed by atoms with Crippen LogP contribution in [0.1, 0.15) is 0 Å². The highest BCUT2D eigenvalue weighted by molar-refractivity contribution is 6.19. The number of benzene rings is 6. The first-order chi connectivity index (χ1) is 18.8. The number of pyridine rings is 1. The molecule has 0 N–H and O–H groups in total. The highest BCUT2D eigenvalue weighted by Crippen LogP contribution is 2.42. The van der Waals surface area contributed by atoms with Gasteiger partial charge in [-0.25, -0.2) is 4.98 Å². The lowest BCUT2D eigenvalue weighted by atomic mass is 9.99. The van der Waals surface area contributed by atoms with Gasteiger partial charge in [0.2, 0.25) is 0 Å². The zero-order valence-corrected chi connectivity index (χ0v) is 20.4. The summed E-state index contributed by atoms with van der Waals surface area (Å²) in [4.78, 5) is 21.0. The van der Waals surface area contributed by atoms with Crippen LogP contribution in [0.15, 0.2) is 132 Å². The Morgan fingerprint density at radius 1 is 0.579 bits per heavy atom. The molecule has 0 saturated carbocycles. The summed E-state index contributed by atoms with van der Waals surface area (Å²) in [6, 6.07) is 43.5. The lowest BCUT2D eigenvalue weighted by Crippen LogP contribution is -2.15. The normalized spacial score (nSPS) is 11.8. The smallest absolute Gasteiger partial charge is 0.264 e. The second-order valence-electron chi connectivity index (χ2n) is 9.63. The predicted molar refractivity (Wildman–Crippen MR) is 157 cm³/mol. The van der Waals surface area contributed by atoms with Gasteiger partial charge in [-0.2, -0.15) is 0 Å². The van der Waals surface area contributed by atoms with Crippen LogP contribution in [-0.4, -0.2) is 9.38 Å². The van der Waals surface area contributed by atoms with Gasteiger partial charge in [0, 0.05) is 32.9 Å². The molecule has 0 unspecified atom stereocenters. The quantitative estimate of drug-likeness (QED) is 0.252. The van der Waals surface area contributed by atoms with Crippen LogP contribution in [0.25, 0.3) is 49.0 Å². The van der Waals surface area contributed by atoms with Gasteiger partial charge in [0.15, 0.2) is 0 Å². The Hall–Kier alpha value is -5.22. The van der Waals surface area contributed by atoms with Gasteiger partial charge in [0.1, 0.15) is 5.65 Å². The minimum absolute atomic E-state index is 0.0408. The Balaban J connectivity index is 1.48. The zero-order chi connectivity index (χ0) is 25.2. The first kappa shape index (κ1) is 20.9. The third-order valence-electron chi connectivity index (χ3n) is 7.50. The summed E-state index contributed by atoms with van der Waals surface area (Å²) < 4.78 is 1.75. The molecule has 8 rings (SSSR count). The number of para-hydroxylation sites is 3. The minimum atomic E-state index is -0.0408. The van der Waals surface area contributed by atoms with E-state index in [0.29, 0.717) is 11.0 Å². The van der Waals surface area contributed by atoms with Gasteiger partial charge in [-0.05, 0) is 59.3 Å². The van der Waals surface area contributed by atoms with E-state index in [1.165, 1.54) is 10.8 Å². The summed E-state index contributed by atoms with van der Waals surface area (Å²) in [5.74, 6) is 0. The molecule has 0 saturated heterocycles. The third kappa shape index (κ3) is 2.91. The number of fused-ring (bicyclic) bond motifs is 5. The zero-order valence-electron chi connectivity index (χ0n) is 20.4. The van der Waals surface area contributed by atoms with Crippen molar-refractivity contribution in [3.8, 4) is 0 Å². The van der Waals surface area contributed by atoms with E-state index in [2.05, 4.69) is 95.9 Å². The highest BCUT2D eigenvalue weighted by Gasteiger charge is 2.21. The Labute approximate surface area is 218 Å². The van der Waals surface area contributed by atoms with E-state index < -0.39 is 0 Å². The molecule has 8 aromatic rings. The number of rotatable bonds is 3. The van der Waals surface area contributed by atoms with Gasteiger partial charge in [-0.15, -0.1) is 0 Å². The van der Waals surface area contributed by atoms with Crippen molar-refractivity contribution < 1.29 is 0 Å². The summed E-state index contributed by atoms with van der Waals surface area (Å²) in [6.45, 7) is 0. The highest BCUT2D eigenvalue weighted by atomic mass is 16.1. The van der Waals surface area contributed by atoms with Crippen LogP contribution in [0.5, 0.6) is 0 Å². The average molecular weight is 488 g/mol. The fourth-order valence-electron chi connectivity index (χ4n) is 5.80. The SMILES string of the molecule is O=c1c2ccc(N(c3ccccc3)c3ccc4ccccc4c3)c3cccc(c32)c2nc3ccccc3n12. The molecule has 0 spiro atoms. The molecule has 2 aromatic heterocycles. The van der Waals surface area contributed by atoms with Crippen LogP contribution in [-0.2, 0) is 0 Å². The topological polar surface area (TPSA) is 37.6 Å². The molecule has 6 aromatic carbocycles. The number of hydrogen-bond donors (Lipinski definition) is 0. The largest absolute Gasteiger partial charge is 0.310 e. The Kier molecular flexibility index (Phi) is 4.34. The minimum Gasteiger partial charge on any atom is -0.310 e. The Morgan fingerprint density at radius 2 is 1.34 bits per heavy atom. The monoisotopic (exact) mass is 487 g/mol. The van der Waals surface area contributed by atoms with Gasteiger partial charge in [-0.1, -0.05) is 78.9 Å². The Bertz CT molecular complexity index is 2220. The predicted octanol–water partition coefficient (Wildman–Crippen LogP) is 8.21. The molecule has 38 heavy (non-hydrogen) atoms. The van der Waals surface area contributed by atoms with Crippen LogP contribution in [0.4, 0.5) is 17.1 Å². The van der Waals surface area contributed by atoms with Gasteiger partial charge in [0.25, 0.3) is 5.56 Å². The van der Waals surface area contributed by atoms with Crippen molar-refractivity contribution in [2.45, 2.75) is 0 Å². The lowest BCUT2D eigenvalue weighted by molar-refractivity contribution is 1.19. The second-order valence-corrected chi connectivity index (χ2v) is 9.63. The molecule has 0 fully saturated rings. The number of anilines is 3. The molecule has 4 heteroatoms. The van der Waals surface area contributed by atoms with Crippen molar-refractivity contribution in [1.82, 2.24) is 9.38 Å². The average Bonchev–Trinajstić information content (AvgIpc) is 3.37. The summed E-state index contributed by atoms with van der Waals surface area (Å²) in [5, 5.41) is 6.01. The first-order valence-electron chi connectivity index (χ1n) is 12.7. The fourth-order valence-corrected chi connectivity index (χ4v) is 5.80. The van der Waals surface area contributed by atoms with Crippen molar-refractivity contribution in [3.63, 3.8) is 0 Å². The molecule has 0 aliphatic carbocycles. The molecular weight excluding hydrogens is 466 g/mol. The van der Waals surface area contributed by atoms with Crippen molar-refractivity contribution in [3.05, 3.63) is 138 Å². The summed E-state index contributed by atoms with van der Waals surface area (Å²) >= 11 is 0. The van der Waals surface area contributed by atoms with Crippen LogP contribution < -0.4 is 10.5 Å². The molecule has 0 radical (unpaired) electrons. The maximum atomic E-state index is 13.8. The van der Waals surface area contributed by atoms with Crippen molar-refractivity contribution in [2.24, 2.45) is 0 Å². The molecule has 0 aliphatic rings. The van der Waals surface area contributed by atoms with E-state index in [9.17, 15) is 4.79 Å². The summed E-state index contributed by atoms with van der Waals surface area (Å²) in [5.41, 5.74) is 5.45. The van der Waals surface area contributed by atoms with Gasteiger partial charge in [0.05, 0.1) is 16.7 Å². The third-order valence-corrected chi connectivity index (χ3v) is 7.50. The molecule has 4 nitrogen and oxygen atoms in total. The fraction of sp³-hybridized carbons (Fsp3) is 0. The van der Waals surface area contributed by atoms with Crippen LogP contribution >= 0.6 is 0 Å². The van der Waals surface area contributed by atoms with Crippen molar-refractivity contribution >= 4 is 66.1 Å².